The molecule has 1 fully saturated rings. The Balaban J connectivity index is 1.39. The van der Waals surface area contributed by atoms with Crippen LogP contribution >= 0.6 is 22.9 Å². The van der Waals surface area contributed by atoms with Gasteiger partial charge in [0.1, 0.15) is 11.9 Å². The molecule has 7 heteroatoms. The predicted octanol–water partition coefficient (Wildman–Crippen LogP) is 5.88. The molecule has 0 bridgehead atoms. The minimum Gasteiger partial charge on any atom is -0.497 e. The number of ether oxygens (including phenoxy) is 1. The molecule has 0 aliphatic carbocycles. The van der Waals surface area contributed by atoms with E-state index in [9.17, 15) is 5.11 Å². The van der Waals surface area contributed by atoms with Crippen LogP contribution in [0.5, 0.6) is 5.75 Å². The molecule has 1 aliphatic rings. The second-order valence-corrected chi connectivity index (χ2v) is 9.84. The van der Waals surface area contributed by atoms with E-state index < -0.39 is 6.17 Å². The number of benzene rings is 1. The van der Waals surface area contributed by atoms with Crippen molar-refractivity contribution in [1.82, 2.24) is 9.88 Å². The summed E-state index contributed by atoms with van der Waals surface area (Å²) in [6, 6.07) is 7.42. The van der Waals surface area contributed by atoms with Crippen LogP contribution in [0.2, 0.25) is 5.02 Å². The number of methoxy groups -OCH3 is 1. The van der Waals surface area contributed by atoms with E-state index in [1.54, 1.807) is 30.6 Å². The molecule has 33 heavy (non-hydrogen) atoms. The molecule has 1 aromatic carbocycles. The van der Waals surface area contributed by atoms with Crippen LogP contribution in [0.3, 0.4) is 0 Å². The van der Waals surface area contributed by atoms with Gasteiger partial charge in [-0.05, 0) is 73.8 Å². The van der Waals surface area contributed by atoms with Gasteiger partial charge in [0, 0.05) is 34.7 Å². The summed E-state index contributed by atoms with van der Waals surface area (Å²) in [6.45, 7) is 2.48. The summed E-state index contributed by atoms with van der Waals surface area (Å²) in [6.07, 6.45) is 2.82. The number of hydrogen-bond donors (Lipinski definition) is 1. The van der Waals surface area contributed by atoms with Crippen molar-refractivity contribution in [1.29, 1.82) is 0 Å². The molecule has 0 saturated carbocycles. The molecule has 0 spiro atoms. The number of likely N-dealkylation sites (tertiary alicyclic amines) is 1. The molecule has 2 aromatic heterocycles. The predicted molar refractivity (Wildman–Crippen MR) is 133 cm³/mol. The third-order valence-electron chi connectivity index (χ3n) is 6.62. The van der Waals surface area contributed by atoms with E-state index in [0.717, 1.165) is 31.5 Å². The Morgan fingerprint density at radius 1 is 1.33 bits per heavy atom. The summed E-state index contributed by atoms with van der Waals surface area (Å²) >= 11 is 8.02. The maximum Gasteiger partial charge on any atom is 0.127 e. The zero-order valence-electron chi connectivity index (χ0n) is 18.7. The Kier molecular flexibility index (Phi) is 7.87. The summed E-state index contributed by atoms with van der Waals surface area (Å²) < 4.78 is 20.8. The van der Waals surface area contributed by atoms with Crippen molar-refractivity contribution in [3.8, 4) is 17.6 Å². The van der Waals surface area contributed by atoms with Crippen LogP contribution in [0.1, 0.15) is 43.0 Å². The lowest BCUT2D eigenvalue weighted by Crippen LogP contribution is -2.42. The number of pyridine rings is 1. The van der Waals surface area contributed by atoms with E-state index in [4.69, 9.17) is 16.3 Å². The molecule has 1 N–H and O–H groups in total. The Morgan fingerprint density at radius 3 is 2.85 bits per heavy atom. The first kappa shape index (κ1) is 24.0. The van der Waals surface area contributed by atoms with E-state index in [1.807, 2.05) is 22.9 Å². The number of fused-ring (bicyclic) bond motifs is 1. The van der Waals surface area contributed by atoms with E-state index in [0.29, 0.717) is 46.6 Å². The van der Waals surface area contributed by atoms with Crippen LogP contribution in [0.4, 0.5) is 4.39 Å². The molecule has 1 aliphatic heterocycles. The molecule has 0 radical (unpaired) electrons. The number of aliphatic hydroxyl groups excluding tert-OH is 1. The van der Waals surface area contributed by atoms with Gasteiger partial charge >= 0.3 is 0 Å². The Bertz CT molecular complexity index is 1130. The minimum absolute atomic E-state index is 0.0623. The van der Waals surface area contributed by atoms with E-state index >= 15 is 4.39 Å². The normalized spacial score (nSPS) is 16.8. The number of rotatable bonds is 7. The van der Waals surface area contributed by atoms with Crippen molar-refractivity contribution < 1.29 is 14.2 Å². The molecule has 4 rings (SSSR count). The van der Waals surface area contributed by atoms with Crippen LogP contribution in [0.15, 0.2) is 41.2 Å². The Labute approximate surface area is 203 Å². The highest BCUT2D eigenvalue weighted by molar-refractivity contribution is 7.08. The van der Waals surface area contributed by atoms with Crippen molar-refractivity contribution in [2.45, 2.75) is 31.9 Å². The fourth-order valence-electron chi connectivity index (χ4n) is 4.45. The largest absolute Gasteiger partial charge is 0.497 e. The fraction of sp³-hybridized carbons (Fsp3) is 0.423. The van der Waals surface area contributed by atoms with Gasteiger partial charge in [0.15, 0.2) is 0 Å². The summed E-state index contributed by atoms with van der Waals surface area (Å²) in [4.78, 5) is 6.62. The standard InChI is InChI=1S/C26H28ClFN2O2S/c1-32-20-4-5-24-21(15-20)25(22(27)16-29-24)23(28)6-8-26(18-31)9-12-30(13-10-26)11-2-3-19-7-14-33-17-19/h4-5,7,14-17,23,31H,6,8-13,18H2,1H3/t23-/m0/s1. The number of aliphatic hydroxyl groups is 1. The third-order valence-corrected chi connectivity index (χ3v) is 7.60. The van der Waals surface area contributed by atoms with Gasteiger partial charge in [-0.15, -0.1) is 0 Å². The van der Waals surface area contributed by atoms with Gasteiger partial charge in [-0.25, -0.2) is 4.39 Å². The summed E-state index contributed by atoms with van der Waals surface area (Å²) in [7, 11) is 1.58. The van der Waals surface area contributed by atoms with Gasteiger partial charge in [-0.1, -0.05) is 23.4 Å². The molecule has 174 valence electrons. The second-order valence-electron chi connectivity index (χ2n) is 8.66. The third kappa shape index (κ3) is 5.67. The van der Waals surface area contributed by atoms with Crippen LogP contribution < -0.4 is 4.74 Å². The van der Waals surface area contributed by atoms with E-state index in [-0.39, 0.29) is 12.0 Å². The zero-order chi connectivity index (χ0) is 23.3. The van der Waals surface area contributed by atoms with Gasteiger partial charge in [0.05, 0.1) is 24.2 Å². The first-order valence-electron chi connectivity index (χ1n) is 11.1. The van der Waals surface area contributed by atoms with Crippen LogP contribution in [-0.2, 0) is 0 Å². The summed E-state index contributed by atoms with van der Waals surface area (Å²) in [5.74, 6) is 7.06. The molecule has 3 heterocycles. The molecule has 1 saturated heterocycles. The number of alkyl halides is 1. The first-order valence-corrected chi connectivity index (χ1v) is 12.5. The quantitative estimate of drug-likeness (QED) is 0.424. The van der Waals surface area contributed by atoms with Gasteiger partial charge < -0.3 is 9.84 Å². The van der Waals surface area contributed by atoms with Crippen molar-refractivity contribution in [3.05, 3.63) is 57.4 Å². The van der Waals surface area contributed by atoms with Gasteiger partial charge in [0.25, 0.3) is 0 Å². The highest BCUT2D eigenvalue weighted by Crippen LogP contribution is 2.41. The number of nitrogens with zero attached hydrogens (tertiary/aromatic N) is 2. The number of aromatic nitrogens is 1. The lowest BCUT2D eigenvalue weighted by Gasteiger charge is -2.40. The zero-order valence-corrected chi connectivity index (χ0v) is 20.3. The number of hydrogen-bond acceptors (Lipinski definition) is 5. The molecule has 0 unspecified atom stereocenters. The van der Waals surface area contributed by atoms with E-state index in [2.05, 4.69) is 21.7 Å². The summed E-state index contributed by atoms with van der Waals surface area (Å²) in [5.41, 5.74) is 1.92. The minimum atomic E-state index is -1.24. The smallest absolute Gasteiger partial charge is 0.127 e. The topological polar surface area (TPSA) is 45.6 Å². The van der Waals surface area contributed by atoms with Crippen molar-refractivity contribution >= 4 is 33.8 Å². The lowest BCUT2D eigenvalue weighted by atomic mass is 9.74. The van der Waals surface area contributed by atoms with Crippen LogP contribution in [0, 0.1) is 17.3 Å². The average molecular weight is 487 g/mol. The number of piperidine rings is 1. The van der Waals surface area contributed by atoms with Crippen molar-refractivity contribution in [2.24, 2.45) is 5.41 Å². The average Bonchev–Trinajstić information content (AvgIpc) is 3.36. The SMILES string of the molecule is COc1ccc2ncc(Cl)c([C@@H](F)CCC3(CO)CCN(CC#Cc4ccsc4)CC3)c2c1. The number of halogens is 2. The second kappa shape index (κ2) is 10.8. The van der Waals surface area contributed by atoms with Gasteiger partial charge in [-0.2, -0.15) is 11.3 Å². The van der Waals surface area contributed by atoms with Crippen molar-refractivity contribution in [3.63, 3.8) is 0 Å². The maximum absolute atomic E-state index is 15.5. The molecule has 3 aromatic rings. The molecule has 0 amide bonds. The van der Waals surface area contributed by atoms with Crippen molar-refractivity contribution in [2.75, 3.05) is 33.4 Å². The van der Waals surface area contributed by atoms with Gasteiger partial charge in [-0.3, -0.25) is 9.88 Å². The van der Waals surface area contributed by atoms with Crippen LogP contribution in [0.25, 0.3) is 10.9 Å². The van der Waals surface area contributed by atoms with Gasteiger partial charge in [0.2, 0.25) is 0 Å². The monoisotopic (exact) mass is 486 g/mol. The summed E-state index contributed by atoms with van der Waals surface area (Å²) in [5, 5.41) is 15.2. The molecule has 1 atom stereocenters. The molecular formula is C26H28ClFN2O2S. The number of thiophene rings is 1. The Hall–Kier alpha value is -2.17. The lowest BCUT2D eigenvalue weighted by molar-refractivity contribution is 0.0344. The highest BCUT2D eigenvalue weighted by atomic mass is 35.5. The maximum atomic E-state index is 15.5. The molecule has 4 nitrogen and oxygen atoms in total. The fourth-order valence-corrected chi connectivity index (χ4v) is 5.31. The Morgan fingerprint density at radius 2 is 2.15 bits per heavy atom. The molecular weight excluding hydrogens is 459 g/mol. The highest BCUT2D eigenvalue weighted by Gasteiger charge is 2.35. The van der Waals surface area contributed by atoms with E-state index in [1.165, 1.54) is 6.20 Å². The van der Waals surface area contributed by atoms with Crippen LogP contribution in [-0.4, -0.2) is 48.3 Å². The first-order chi connectivity index (χ1) is 16.0.